The maximum atomic E-state index is 13.9. The summed E-state index contributed by atoms with van der Waals surface area (Å²) in [6, 6.07) is -0.272. The third kappa shape index (κ3) is 4.02. The molecule has 0 radical (unpaired) electrons. The number of rotatable bonds is 4. The van der Waals surface area contributed by atoms with Crippen molar-refractivity contribution in [3.05, 3.63) is 17.2 Å². The van der Waals surface area contributed by atoms with Gasteiger partial charge in [0.25, 0.3) is 0 Å². The topological polar surface area (TPSA) is 67.1 Å². The van der Waals surface area contributed by atoms with E-state index in [9.17, 15) is 4.39 Å². The molecule has 0 aromatic carbocycles. The summed E-state index contributed by atoms with van der Waals surface area (Å²) in [5.74, 6) is 1.64. The molecular weight excluding hydrogens is 342 g/mol. The zero-order valence-electron chi connectivity index (χ0n) is 13.1. The number of nitrogens with one attached hydrogen (secondary N) is 2. The Kier molecular flexibility index (Phi) is 6.00. The molecule has 128 valence electrons. The highest BCUT2D eigenvalue weighted by molar-refractivity contribution is 6.32. The first-order valence-corrected chi connectivity index (χ1v) is 7.94. The van der Waals surface area contributed by atoms with Crippen molar-refractivity contribution < 1.29 is 4.39 Å². The predicted octanol–water partition coefficient (Wildman–Crippen LogP) is 2.51. The van der Waals surface area contributed by atoms with Crippen molar-refractivity contribution >= 4 is 35.5 Å². The van der Waals surface area contributed by atoms with Gasteiger partial charge in [0.1, 0.15) is 17.5 Å². The number of halogens is 3. The number of imidazole rings is 1. The van der Waals surface area contributed by atoms with E-state index in [4.69, 9.17) is 11.6 Å². The quantitative estimate of drug-likeness (QED) is 0.874. The first-order valence-electron chi connectivity index (χ1n) is 7.56. The molecule has 3 heterocycles. The van der Waals surface area contributed by atoms with Crippen LogP contribution in [0.3, 0.4) is 0 Å². The van der Waals surface area contributed by atoms with Crippen LogP contribution in [-0.2, 0) is 6.42 Å². The third-order valence-electron chi connectivity index (χ3n) is 3.73. The largest absolute Gasteiger partial charge is 0.347 e. The second-order valence-corrected chi connectivity index (χ2v) is 6.41. The van der Waals surface area contributed by atoms with E-state index in [1.54, 1.807) is 10.7 Å². The molecule has 0 bridgehead atoms. The summed E-state index contributed by atoms with van der Waals surface area (Å²) < 4.78 is 15.6. The monoisotopic (exact) mass is 362 g/mol. The molecule has 0 aliphatic carbocycles. The van der Waals surface area contributed by atoms with E-state index in [0.29, 0.717) is 35.5 Å². The molecule has 6 nitrogen and oxygen atoms in total. The Morgan fingerprint density at radius 1 is 1.52 bits per heavy atom. The second kappa shape index (κ2) is 7.59. The number of hydrogen-bond donors (Lipinski definition) is 2. The minimum atomic E-state index is -0.949. The highest BCUT2D eigenvalue weighted by Gasteiger charge is 2.25. The van der Waals surface area contributed by atoms with Crippen LogP contribution >= 0.6 is 24.0 Å². The molecule has 0 spiro atoms. The van der Waals surface area contributed by atoms with E-state index in [1.807, 2.05) is 0 Å². The first kappa shape index (κ1) is 18.2. The van der Waals surface area contributed by atoms with E-state index in [-0.39, 0.29) is 18.4 Å². The molecule has 1 fully saturated rings. The molecule has 0 amide bonds. The Hall–Kier alpha value is -1.18. The van der Waals surface area contributed by atoms with E-state index in [1.165, 1.54) is 0 Å². The molecule has 2 atom stereocenters. The third-order valence-corrected chi connectivity index (χ3v) is 4.01. The summed E-state index contributed by atoms with van der Waals surface area (Å²) in [4.78, 5) is 8.58. The van der Waals surface area contributed by atoms with Gasteiger partial charge in [-0.25, -0.2) is 18.9 Å². The van der Waals surface area contributed by atoms with Gasteiger partial charge in [0.05, 0.1) is 12.2 Å². The number of nitrogens with zero attached hydrogens (tertiary/aromatic N) is 4. The Morgan fingerprint density at radius 3 is 3.00 bits per heavy atom. The number of hydrogen-bond acceptors (Lipinski definition) is 5. The van der Waals surface area contributed by atoms with Crippen molar-refractivity contribution in [3.63, 3.8) is 0 Å². The van der Waals surface area contributed by atoms with Crippen LogP contribution in [0, 0.1) is 5.92 Å². The number of piperidine rings is 1. The lowest BCUT2D eigenvalue weighted by molar-refractivity contribution is 0.244. The van der Waals surface area contributed by atoms with Crippen LogP contribution in [0.1, 0.15) is 26.1 Å². The van der Waals surface area contributed by atoms with Gasteiger partial charge in [0, 0.05) is 13.0 Å². The summed E-state index contributed by atoms with van der Waals surface area (Å²) in [5, 5.41) is 10.9. The maximum absolute atomic E-state index is 13.9. The summed E-state index contributed by atoms with van der Waals surface area (Å²) in [5.41, 5.74) is 0.671. The lowest BCUT2D eigenvalue weighted by Crippen LogP contribution is -2.45. The molecule has 9 heteroatoms. The van der Waals surface area contributed by atoms with Gasteiger partial charge in [-0.05, 0) is 18.9 Å². The van der Waals surface area contributed by atoms with Crippen molar-refractivity contribution in [3.8, 4) is 0 Å². The van der Waals surface area contributed by atoms with Crippen molar-refractivity contribution in [2.24, 2.45) is 5.92 Å². The standard InChI is InChI=1S/C14H20ClFN6.ClH/c1-8(2)5-12-20-13(15)11-7-18-14(21-22(11)12)19-10-3-4-17-6-9(10)16;/h7-10,17H,3-6H2,1-2H3,(H,19,21);1H/t9-,10-;/m1./s1. The number of anilines is 1. The van der Waals surface area contributed by atoms with E-state index < -0.39 is 6.17 Å². The lowest BCUT2D eigenvalue weighted by atomic mass is 10.1. The lowest BCUT2D eigenvalue weighted by Gasteiger charge is -2.27. The Morgan fingerprint density at radius 2 is 2.30 bits per heavy atom. The molecule has 1 aliphatic heterocycles. The van der Waals surface area contributed by atoms with E-state index >= 15 is 0 Å². The first-order chi connectivity index (χ1) is 10.5. The van der Waals surface area contributed by atoms with Gasteiger partial charge in [-0.15, -0.1) is 17.5 Å². The summed E-state index contributed by atoms with van der Waals surface area (Å²) >= 11 is 6.13. The fourth-order valence-corrected chi connectivity index (χ4v) is 2.85. The van der Waals surface area contributed by atoms with Crippen LogP contribution in [0.2, 0.25) is 5.15 Å². The van der Waals surface area contributed by atoms with Gasteiger partial charge in [-0.2, -0.15) is 0 Å². The van der Waals surface area contributed by atoms with Crippen molar-refractivity contribution in [2.75, 3.05) is 18.4 Å². The fraction of sp³-hybridized carbons (Fsp3) is 0.643. The molecule has 0 saturated carbocycles. The van der Waals surface area contributed by atoms with Crippen molar-refractivity contribution in [2.45, 2.75) is 38.9 Å². The Balaban J connectivity index is 0.00000192. The van der Waals surface area contributed by atoms with Gasteiger partial charge in [0.2, 0.25) is 5.95 Å². The molecule has 1 aliphatic rings. The average Bonchev–Trinajstić information content (AvgIpc) is 2.77. The number of alkyl halides is 1. The number of aromatic nitrogens is 4. The minimum absolute atomic E-state index is 0. The molecule has 23 heavy (non-hydrogen) atoms. The molecule has 2 N–H and O–H groups in total. The molecule has 2 aromatic heterocycles. The van der Waals surface area contributed by atoms with Crippen LogP contribution in [0.5, 0.6) is 0 Å². The summed E-state index contributed by atoms with van der Waals surface area (Å²) in [6.07, 6.45) is 2.15. The normalized spacial score (nSPS) is 21.4. The maximum Gasteiger partial charge on any atom is 0.241 e. The van der Waals surface area contributed by atoms with E-state index in [0.717, 1.165) is 18.8 Å². The SMILES string of the molecule is CC(C)Cc1nc(Cl)c2cnc(N[C@@H]3CCNC[C@H]3F)nn12.Cl. The van der Waals surface area contributed by atoms with E-state index in [2.05, 4.69) is 39.5 Å². The van der Waals surface area contributed by atoms with Gasteiger partial charge < -0.3 is 10.6 Å². The van der Waals surface area contributed by atoms with Crippen molar-refractivity contribution in [1.29, 1.82) is 0 Å². The Labute approximate surface area is 145 Å². The number of fused-ring (bicyclic) bond motifs is 1. The molecule has 2 aromatic rings. The van der Waals surface area contributed by atoms with Crippen LogP contribution in [0.15, 0.2) is 6.20 Å². The highest BCUT2D eigenvalue weighted by Crippen LogP contribution is 2.20. The molecule has 0 unspecified atom stereocenters. The van der Waals surface area contributed by atoms with Crippen LogP contribution in [0.25, 0.3) is 5.52 Å². The van der Waals surface area contributed by atoms with Gasteiger partial charge >= 0.3 is 0 Å². The second-order valence-electron chi connectivity index (χ2n) is 6.06. The Bertz CT molecular complexity index is 662. The van der Waals surface area contributed by atoms with Crippen LogP contribution < -0.4 is 10.6 Å². The fourth-order valence-electron chi connectivity index (χ4n) is 2.62. The van der Waals surface area contributed by atoms with Gasteiger partial charge in [0.15, 0.2) is 5.15 Å². The molecule has 1 saturated heterocycles. The highest BCUT2D eigenvalue weighted by atomic mass is 35.5. The molecule has 3 rings (SSSR count). The van der Waals surface area contributed by atoms with Gasteiger partial charge in [-0.3, -0.25) is 0 Å². The molecular formula is C14H21Cl2FN6. The van der Waals surface area contributed by atoms with Crippen molar-refractivity contribution in [1.82, 2.24) is 24.9 Å². The summed E-state index contributed by atoms with van der Waals surface area (Å²) in [7, 11) is 0. The average molecular weight is 363 g/mol. The van der Waals surface area contributed by atoms with Crippen LogP contribution in [0.4, 0.5) is 10.3 Å². The van der Waals surface area contributed by atoms with Gasteiger partial charge in [-0.1, -0.05) is 25.4 Å². The predicted molar refractivity (Wildman–Crippen MR) is 91.4 cm³/mol. The zero-order chi connectivity index (χ0) is 15.7. The summed E-state index contributed by atoms with van der Waals surface area (Å²) in [6.45, 7) is 5.36. The smallest absolute Gasteiger partial charge is 0.241 e. The minimum Gasteiger partial charge on any atom is -0.347 e. The van der Waals surface area contributed by atoms with Crippen LogP contribution in [-0.4, -0.2) is 44.9 Å². The zero-order valence-corrected chi connectivity index (χ0v) is 14.7.